The van der Waals surface area contributed by atoms with Gasteiger partial charge >= 0.3 is 0 Å². The molecule has 0 spiro atoms. The number of aromatic nitrogens is 4. The third-order valence-corrected chi connectivity index (χ3v) is 4.13. The van der Waals surface area contributed by atoms with Crippen LogP contribution in [-0.4, -0.2) is 59.0 Å². The predicted octanol–water partition coefficient (Wildman–Crippen LogP) is 1.06. The Bertz CT molecular complexity index is 626. The Morgan fingerprint density at radius 1 is 1.41 bits per heavy atom. The van der Waals surface area contributed by atoms with Crippen LogP contribution in [0.3, 0.4) is 0 Å². The van der Waals surface area contributed by atoms with E-state index in [1.807, 2.05) is 12.4 Å². The molecule has 1 N–H and O–H groups in total. The van der Waals surface area contributed by atoms with E-state index < -0.39 is 0 Å². The zero-order valence-corrected chi connectivity index (χ0v) is 13.5. The van der Waals surface area contributed by atoms with Crippen LogP contribution >= 0.6 is 0 Å². The van der Waals surface area contributed by atoms with E-state index in [9.17, 15) is 0 Å². The molecule has 0 bridgehead atoms. The fourth-order valence-electron chi connectivity index (χ4n) is 2.98. The minimum absolute atomic E-state index is 0.331. The molecule has 1 aliphatic rings. The van der Waals surface area contributed by atoms with Crippen LogP contribution in [0.1, 0.15) is 32.0 Å². The maximum atomic E-state index is 5.24. The summed E-state index contributed by atoms with van der Waals surface area (Å²) < 4.78 is 7.30. The molecule has 0 radical (unpaired) electrons. The molecule has 2 aromatic heterocycles. The van der Waals surface area contributed by atoms with Crippen molar-refractivity contribution in [1.29, 1.82) is 0 Å². The van der Waals surface area contributed by atoms with Gasteiger partial charge in [-0.3, -0.25) is 4.40 Å². The molecule has 0 amide bonds. The molecule has 1 unspecified atom stereocenters. The average molecular weight is 304 g/mol. The van der Waals surface area contributed by atoms with Crippen molar-refractivity contribution in [2.24, 2.45) is 0 Å². The van der Waals surface area contributed by atoms with Gasteiger partial charge in [-0.2, -0.15) is 0 Å². The van der Waals surface area contributed by atoms with Gasteiger partial charge in [-0.25, -0.2) is 4.98 Å². The number of ether oxygens (including phenoxy) is 1. The van der Waals surface area contributed by atoms with Gasteiger partial charge in [-0.05, 0) is 6.42 Å². The van der Waals surface area contributed by atoms with E-state index in [0.29, 0.717) is 12.0 Å². The molecule has 2 aromatic rings. The van der Waals surface area contributed by atoms with E-state index in [2.05, 4.69) is 43.6 Å². The molecule has 3 rings (SSSR count). The fraction of sp³-hybridized carbons (Fsp3) is 0.667. The van der Waals surface area contributed by atoms with E-state index in [0.717, 1.165) is 50.0 Å². The number of rotatable bonds is 5. The molecule has 120 valence electrons. The van der Waals surface area contributed by atoms with Crippen molar-refractivity contribution in [3.8, 4) is 0 Å². The summed E-state index contributed by atoms with van der Waals surface area (Å²) in [6.07, 6.45) is 4.75. The van der Waals surface area contributed by atoms with Gasteiger partial charge in [0.1, 0.15) is 5.82 Å². The number of piperazine rings is 1. The monoisotopic (exact) mass is 304 g/mol. The van der Waals surface area contributed by atoms with E-state index >= 15 is 0 Å². The number of hydrogen-bond acceptors (Lipinski definition) is 6. The second-order valence-corrected chi connectivity index (χ2v) is 5.99. The Labute approximate surface area is 130 Å². The van der Waals surface area contributed by atoms with Crippen LogP contribution in [-0.2, 0) is 4.74 Å². The summed E-state index contributed by atoms with van der Waals surface area (Å²) in [4.78, 5) is 6.93. The first-order valence-corrected chi connectivity index (χ1v) is 7.88. The van der Waals surface area contributed by atoms with E-state index in [1.165, 1.54) is 0 Å². The smallest absolute Gasteiger partial charge is 0.203 e. The Kier molecular flexibility index (Phi) is 4.54. The zero-order chi connectivity index (χ0) is 15.5. The number of hydrogen-bond donors (Lipinski definition) is 1. The maximum Gasteiger partial charge on any atom is 0.203 e. The highest BCUT2D eigenvalue weighted by Gasteiger charge is 2.26. The minimum Gasteiger partial charge on any atom is -0.385 e. The van der Waals surface area contributed by atoms with Gasteiger partial charge in [0.15, 0.2) is 5.82 Å². The minimum atomic E-state index is 0.331. The number of nitrogens with zero attached hydrogens (tertiary/aromatic N) is 5. The second-order valence-electron chi connectivity index (χ2n) is 5.99. The van der Waals surface area contributed by atoms with Crippen molar-refractivity contribution in [3.05, 3.63) is 18.2 Å². The van der Waals surface area contributed by atoms with Gasteiger partial charge in [0.2, 0.25) is 5.65 Å². The summed E-state index contributed by atoms with van der Waals surface area (Å²) >= 11 is 0. The number of methoxy groups -OCH3 is 1. The molecule has 7 heteroatoms. The van der Waals surface area contributed by atoms with Gasteiger partial charge < -0.3 is 15.0 Å². The fourth-order valence-corrected chi connectivity index (χ4v) is 2.98. The summed E-state index contributed by atoms with van der Waals surface area (Å²) in [5.41, 5.74) is 0.843. The van der Waals surface area contributed by atoms with Crippen LogP contribution in [0.15, 0.2) is 12.4 Å². The largest absolute Gasteiger partial charge is 0.385 e. The first-order chi connectivity index (χ1) is 10.7. The van der Waals surface area contributed by atoms with E-state index in [-0.39, 0.29) is 0 Å². The second kappa shape index (κ2) is 6.58. The Morgan fingerprint density at radius 3 is 3.05 bits per heavy atom. The van der Waals surface area contributed by atoms with Crippen molar-refractivity contribution >= 4 is 11.5 Å². The SMILES string of the molecule is COCCC1CNCCN1c1nccn2c(C(C)C)nnc12. The molecular formula is C15H24N6O. The molecule has 0 saturated carbocycles. The van der Waals surface area contributed by atoms with E-state index in [4.69, 9.17) is 4.74 Å². The highest BCUT2D eigenvalue weighted by Crippen LogP contribution is 2.24. The lowest BCUT2D eigenvalue weighted by atomic mass is 10.1. The summed E-state index contributed by atoms with van der Waals surface area (Å²) in [5, 5.41) is 12.2. The van der Waals surface area contributed by atoms with Crippen LogP contribution in [0.4, 0.5) is 5.82 Å². The van der Waals surface area contributed by atoms with Crippen molar-refractivity contribution in [2.75, 3.05) is 38.3 Å². The van der Waals surface area contributed by atoms with Crippen LogP contribution < -0.4 is 10.2 Å². The molecular weight excluding hydrogens is 280 g/mol. The number of fused-ring (bicyclic) bond motifs is 1. The molecule has 1 fully saturated rings. The quantitative estimate of drug-likeness (QED) is 0.891. The van der Waals surface area contributed by atoms with Crippen LogP contribution in [0, 0.1) is 0 Å². The molecule has 1 aliphatic heterocycles. The maximum absolute atomic E-state index is 5.24. The number of nitrogens with one attached hydrogen (secondary N) is 1. The van der Waals surface area contributed by atoms with Crippen LogP contribution in [0.5, 0.6) is 0 Å². The van der Waals surface area contributed by atoms with Gasteiger partial charge in [-0.1, -0.05) is 13.8 Å². The Hall–Kier alpha value is -1.73. The van der Waals surface area contributed by atoms with Gasteiger partial charge in [0.05, 0.1) is 0 Å². The molecule has 22 heavy (non-hydrogen) atoms. The summed E-state index contributed by atoms with van der Waals surface area (Å²) in [6.45, 7) is 7.82. The third kappa shape index (κ3) is 2.78. The lowest BCUT2D eigenvalue weighted by Crippen LogP contribution is -2.52. The van der Waals surface area contributed by atoms with Crippen LogP contribution in [0.25, 0.3) is 5.65 Å². The highest BCUT2D eigenvalue weighted by atomic mass is 16.5. The highest BCUT2D eigenvalue weighted by molar-refractivity contribution is 5.64. The van der Waals surface area contributed by atoms with E-state index in [1.54, 1.807) is 7.11 Å². The molecule has 0 aliphatic carbocycles. The normalized spacial score (nSPS) is 19.3. The Balaban J connectivity index is 1.97. The molecule has 1 atom stereocenters. The lowest BCUT2D eigenvalue weighted by Gasteiger charge is -2.37. The molecule has 0 aromatic carbocycles. The summed E-state index contributed by atoms with van der Waals surface area (Å²) in [6, 6.07) is 0.367. The topological polar surface area (TPSA) is 67.6 Å². The predicted molar refractivity (Wildman–Crippen MR) is 85.4 cm³/mol. The van der Waals surface area contributed by atoms with Crippen molar-refractivity contribution in [1.82, 2.24) is 24.9 Å². The first kappa shape index (κ1) is 15.2. The van der Waals surface area contributed by atoms with Crippen molar-refractivity contribution < 1.29 is 4.74 Å². The average Bonchev–Trinajstić information content (AvgIpc) is 2.97. The standard InChI is InChI=1S/C15H24N6O/c1-11(2)13-18-19-15-14(17-6-8-21(13)15)20-7-5-16-10-12(20)4-9-22-3/h6,8,11-12,16H,4-5,7,9-10H2,1-3H3. The van der Waals surface area contributed by atoms with Gasteiger partial charge in [0.25, 0.3) is 0 Å². The van der Waals surface area contributed by atoms with Gasteiger partial charge in [-0.15, -0.1) is 10.2 Å². The summed E-state index contributed by atoms with van der Waals surface area (Å²) in [5.74, 6) is 2.23. The third-order valence-electron chi connectivity index (χ3n) is 4.13. The Morgan fingerprint density at radius 2 is 2.27 bits per heavy atom. The first-order valence-electron chi connectivity index (χ1n) is 7.88. The molecule has 3 heterocycles. The van der Waals surface area contributed by atoms with Gasteiger partial charge in [0, 0.05) is 57.7 Å². The molecule has 1 saturated heterocycles. The zero-order valence-electron chi connectivity index (χ0n) is 13.5. The van der Waals surface area contributed by atoms with Crippen molar-refractivity contribution in [2.45, 2.75) is 32.2 Å². The summed E-state index contributed by atoms with van der Waals surface area (Å²) in [7, 11) is 1.74. The number of anilines is 1. The van der Waals surface area contributed by atoms with Crippen molar-refractivity contribution in [3.63, 3.8) is 0 Å². The lowest BCUT2D eigenvalue weighted by molar-refractivity contribution is 0.184. The molecule has 7 nitrogen and oxygen atoms in total. The van der Waals surface area contributed by atoms with Crippen LogP contribution in [0.2, 0.25) is 0 Å².